The van der Waals surface area contributed by atoms with Crippen LogP contribution in [0.25, 0.3) is 11.0 Å². The number of methoxy groups -OCH3 is 1. The topological polar surface area (TPSA) is 78.4 Å². The summed E-state index contributed by atoms with van der Waals surface area (Å²) in [6.45, 7) is 2.03. The van der Waals surface area contributed by atoms with E-state index in [1.807, 2.05) is 18.2 Å². The van der Waals surface area contributed by atoms with Gasteiger partial charge in [-0.15, -0.1) is 0 Å². The molecule has 6 nitrogen and oxygen atoms in total. The van der Waals surface area contributed by atoms with Crippen LogP contribution in [0.4, 0.5) is 0 Å². The van der Waals surface area contributed by atoms with Crippen LogP contribution >= 0.6 is 0 Å². The fourth-order valence-electron chi connectivity index (χ4n) is 4.43. The molecule has 4 rings (SSSR count). The molecule has 1 saturated carbocycles. The van der Waals surface area contributed by atoms with Crippen LogP contribution in [0.3, 0.4) is 0 Å². The number of rotatable bonds is 6. The number of aliphatic carboxylic acids is 1. The monoisotopic (exact) mass is 357 g/mol. The van der Waals surface area contributed by atoms with Crippen LogP contribution in [0.1, 0.15) is 37.9 Å². The number of carboxylic acids is 1. The summed E-state index contributed by atoms with van der Waals surface area (Å²) in [6.07, 6.45) is 5.95. The number of piperidine rings is 1. The maximum atomic E-state index is 11.3. The van der Waals surface area contributed by atoms with Crippen molar-refractivity contribution in [3.63, 3.8) is 0 Å². The van der Waals surface area contributed by atoms with E-state index in [0.29, 0.717) is 12.0 Å². The van der Waals surface area contributed by atoms with Gasteiger partial charge in [-0.05, 0) is 49.8 Å². The lowest BCUT2D eigenvalue weighted by Crippen LogP contribution is -2.49. The van der Waals surface area contributed by atoms with E-state index in [4.69, 9.17) is 9.72 Å². The molecule has 26 heavy (non-hydrogen) atoms. The lowest BCUT2D eigenvalue weighted by atomic mass is 9.79. The number of hydrogen-bond donors (Lipinski definition) is 2. The minimum Gasteiger partial charge on any atom is -0.497 e. The molecule has 2 atom stereocenters. The fraction of sp³-hybridized carbons (Fsp3) is 0.600. The predicted molar refractivity (Wildman–Crippen MR) is 99.4 cm³/mol. The minimum absolute atomic E-state index is 0.228. The number of imidazole rings is 1. The molecule has 2 N–H and O–H groups in total. The van der Waals surface area contributed by atoms with Gasteiger partial charge in [0, 0.05) is 31.5 Å². The molecule has 2 heterocycles. The molecular weight excluding hydrogens is 330 g/mol. The van der Waals surface area contributed by atoms with E-state index in [1.165, 1.54) is 19.3 Å². The first-order valence-corrected chi connectivity index (χ1v) is 9.61. The van der Waals surface area contributed by atoms with Gasteiger partial charge in [-0.3, -0.25) is 4.79 Å². The summed E-state index contributed by atoms with van der Waals surface area (Å²) in [5.74, 6) is 1.63. The number of aromatic amines is 1. The van der Waals surface area contributed by atoms with Gasteiger partial charge in [0.05, 0.1) is 18.1 Å². The number of hydrogen-bond acceptors (Lipinski definition) is 4. The largest absolute Gasteiger partial charge is 0.497 e. The molecule has 140 valence electrons. The Balaban J connectivity index is 1.52. The van der Waals surface area contributed by atoms with Gasteiger partial charge in [-0.25, -0.2) is 4.98 Å². The van der Waals surface area contributed by atoms with Crippen molar-refractivity contribution in [2.75, 3.05) is 20.2 Å². The van der Waals surface area contributed by atoms with Crippen LogP contribution < -0.4 is 4.74 Å². The smallest absolute Gasteiger partial charge is 0.303 e. The Hall–Kier alpha value is -2.08. The van der Waals surface area contributed by atoms with E-state index in [9.17, 15) is 9.90 Å². The van der Waals surface area contributed by atoms with Gasteiger partial charge in [0.25, 0.3) is 0 Å². The predicted octanol–water partition coefficient (Wildman–Crippen LogP) is 3.08. The number of carbonyl (C=O) groups is 1. The minimum atomic E-state index is -0.688. The highest BCUT2D eigenvalue weighted by Gasteiger charge is 2.35. The van der Waals surface area contributed by atoms with Crippen molar-refractivity contribution in [2.24, 2.45) is 11.8 Å². The van der Waals surface area contributed by atoms with E-state index in [2.05, 4.69) is 9.88 Å². The lowest BCUT2D eigenvalue weighted by Gasteiger charge is -2.45. The standard InChI is InChI=1S/C20H27N3O3/c1-26-16-5-6-17-18(11-16)22-19(21-17)9-14-12-23(15-3-2-4-15)8-7-13(14)10-20(24)25/h5-6,11,13-15H,2-4,7-10,12H2,1H3,(H,21,22)(H,24,25). The van der Waals surface area contributed by atoms with E-state index in [1.54, 1.807) is 7.11 Å². The van der Waals surface area contributed by atoms with E-state index in [-0.39, 0.29) is 12.3 Å². The highest BCUT2D eigenvalue weighted by molar-refractivity contribution is 5.76. The van der Waals surface area contributed by atoms with Crippen LogP contribution in [-0.2, 0) is 11.2 Å². The second-order valence-electron chi connectivity index (χ2n) is 7.76. The zero-order valence-electron chi connectivity index (χ0n) is 15.3. The van der Waals surface area contributed by atoms with Crippen LogP contribution in [0.2, 0.25) is 0 Å². The van der Waals surface area contributed by atoms with Crippen molar-refractivity contribution in [1.29, 1.82) is 0 Å². The number of carboxylic acid groups (broad SMARTS) is 1. The van der Waals surface area contributed by atoms with E-state index in [0.717, 1.165) is 48.5 Å². The number of H-pyrrole nitrogens is 1. The SMILES string of the molecule is COc1ccc2nc(CC3CN(C4CCC4)CCC3CC(=O)O)[nH]c2c1. The third-order valence-corrected chi connectivity index (χ3v) is 6.14. The second-order valence-corrected chi connectivity index (χ2v) is 7.76. The Morgan fingerprint density at radius 2 is 2.19 bits per heavy atom. The molecule has 1 aromatic carbocycles. The fourth-order valence-corrected chi connectivity index (χ4v) is 4.43. The highest BCUT2D eigenvalue weighted by Crippen LogP contribution is 2.34. The van der Waals surface area contributed by atoms with Crippen molar-refractivity contribution < 1.29 is 14.6 Å². The third-order valence-electron chi connectivity index (χ3n) is 6.14. The van der Waals surface area contributed by atoms with Gasteiger partial charge in [0.15, 0.2) is 0 Å². The zero-order valence-corrected chi connectivity index (χ0v) is 15.3. The molecule has 2 fully saturated rings. The average molecular weight is 357 g/mol. The number of benzene rings is 1. The molecule has 6 heteroatoms. The van der Waals surface area contributed by atoms with Crippen LogP contribution in [0.15, 0.2) is 18.2 Å². The molecular formula is C20H27N3O3. The van der Waals surface area contributed by atoms with Crippen molar-refractivity contribution in [3.05, 3.63) is 24.0 Å². The lowest BCUT2D eigenvalue weighted by molar-refractivity contribution is -0.139. The number of ether oxygens (including phenoxy) is 1. The van der Waals surface area contributed by atoms with Gasteiger partial charge < -0.3 is 19.7 Å². The molecule has 0 radical (unpaired) electrons. The number of likely N-dealkylation sites (tertiary alicyclic amines) is 1. The van der Waals surface area contributed by atoms with E-state index >= 15 is 0 Å². The number of nitrogens with one attached hydrogen (secondary N) is 1. The Morgan fingerprint density at radius 1 is 1.35 bits per heavy atom. The molecule has 1 saturated heterocycles. The summed E-state index contributed by atoms with van der Waals surface area (Å²) in [6, 6.07) is 6.55. The molecule has 1 aromatic heterocycles. The van der Waals surface area contributed by atoms with Gasteiger partial charge in [-0.2, -0.15) is 0 Å². The first-order valence-electron chi connectivity index (χ1n) is 9.61. The third kappa shape index (κ3) is 3.56. The Labute approximate surface area is 153 Å². The van der Waals surface area contributed by atoms with Gasteiger partial charge in [-0.1, -0.05) is 6.42 Å². The molecule has 2 aromatic rings. The Morgan fingerprint density at radius 3 is 2.88 bits per heavy atom. The maximum absolute atomic E-state index is 11.3. The maximum Gasteiger partial charge on any atom is 0.303 e. The zero-order chi connectivity index (χ0) is 18.1. The molecule has 1 aliphatic heterocycles. The molecule has 2 aliphatic rings. The van der Waals surface area contributed by atoms with E-state index < -0.39 is 5.97 Å². The molecule has 0 bridgehead atoms. The number of fused-ring (bicyclic) bond motifs is 1. The van der Waals surface area contributed by atoms with Crippen molar-refractivity contribution in [1.82, 2.24) is 14.9 Å². The summed E-state index contributed by atoms with van der Waals surface area (Å²) in [4.78, 5) is 22.0. The van der Waals surface area contributed by atoms with Crippen LogP contribution in [0, 0.1) is 11.8 Å². The second kappa shape index (κ2) is 7.27. The summed E-state index contributed by atoms with van der Waals surface area (Å²) < 4.78 is 5.28. The van der Waals surface area contributed by atoms with Gasteiger partial charge in [0.2, 0.25) is 0 Å². The molecule has 2 unspecified atom stereocenters. The summed E-state index contributed by atoms with van der Waals surface area (Å²) >= 11 is 0. The first-order chi connectivity index (χ1) is 12.6. The summed E-state index contributed by atoms with van der Waals surface area (Å²) in [5.41, 5.74) is 1.91. The van der Waals surface area contributed by atoms with Crippen LogP contribution in [-0.4, -0.2) is 52.2 Å². The van der Waals surface area contributed by atoms with Crippen molar-refractivity contribution in [3.8, 4) is 5.75 Å². The summed E-state index contributed by atoms with van der Waals surface area (Å²) in [5, 5.41) is 9.30. The van der Waals surface area contributed by atoms with Crippen LogP contribution in [0.5, 0.6) is 5.75 Å². The normalized spacial score (nSPS) is 24.5. The Kier molecular flexibility index (Phi) is 4.85. The molecule has 0 spiro atoms. The average Bonchev–Trinajstić information content (AvgIpc) is 2.96. The first kappa shape index (κ1) is 17.3. The number of nitrogens with zero attached hydrogens (tertiary/aromatic N) is 2. The molecule has 0 amide bonds. The van der Waals surface area contributed by atoms with Crippen molar-refractivity contribution >= 4 is 17.0 Å². The van der Waals surface area contributed by atoms with Gasteiger partial charge in [0.1, 0.15) is 11.6 Å². The van der Waals surface area contributed by atoms with Gasteiger partial charge >= 0.3 is 5.97 Å². The Bertz CT molecular complexity index is 784. The summed E-state index contributed by atoms with van der Waals surface area (Å²) in [7, 11) is 1.66. The highest BCUT2D eigenvalue weighted by atomic mass is 16.5. The quantitative estimate of drug-likeness (QED) is 0.831. The number of aromatic nitrogens is 2. The van der Waals surface area contributed by atoms with Crippen molar-refractivity contribution in [2.45, 2.75) is 44.6 Å². The molecule has 1 aliphatic carbocycles.